The molecule has 0 aliphatic carbocycles. The van der Waals surface area contributed by atoms with Crippen LogP contribution in [0, 0.1) is 6.92 Å². The summed E-state index contributed by atoms with van der Waals surface area (Å²) in [6, 6.07) is 6.29. The minimum absolute atomic E-state index is 0.0237. The summed E-state index contributed by atoms with van der Waals surface area (Å²) in [6.45, 7) is 9.19. The first-order valence-corrected chi connectivity index (χ1v) is 14.7. The predicted molar refractivity (Wildman–Crippen MR) is 163 cm³/mol. The van der Waals surface area contributed by atoms with Crippen LogP contribution in [0.2, 0.25) is 0 Å². The molecule has 3 N–H and O–H groups in total. The van der Waals surface area contributed by atoms with E-state index >= 15 is 0 Å². The SMILES string of the molecule is CC(=O)OC[C@@H](NC(=O)[C@@H](Cc1ccccc1)NC(=O)OC(C)(C)C)[C@H]1O[C@@H](n2cc(C)c(=O)[nH]c2=O)[C@H](OC(C)=O)[C@@H]1OC(C)=O. The van der Waals surface area contributed by atoms with Gasteiger partial charge in [-0.15, -0.1) is 0 Å². The largest absolute Gasteiger partial charge is 0.464 e. The van der Waals surface area contributed by atoms with Gasteiger partial charge in [0, 0.05) is 39.0 Å². The number of alkyl carbamates (subject to hydrolysis) is 1. The van der Waals surface area contributed by atoms with Crippen molar-refractivity contribution < 1.29 is 47.7 Å². The van der Waals surface area contributed by atoms with E-state index in [0.29, 0.717) is 5.56 Å². The van der Waals surface area contributed by atoms with E-state index in [2.05, 4.69) is 15.6 Å². The number of aryl methyl sites for hydroxylation is 1. The third-order valence-corrected chi connectivity index (χ3v) is 6.73. The lowest BCUT2D eigenvalue weighted by atomic mass is 10.0. The minimum atomic E-state index is -1.46. The molecular weight excluding hydrogens is 620 g/mol. The standard InChI is InChI=1S/C31H40N4O12/c1-16-14-35(29(41)34-26(16)39)28-25(45-19(4)38)24(44-18(3)37)23(46-28)22(15-43-17(2)36)32-27(40)21(13-20-11-9-8-10-12-20)33-30(42)47-31(5,6)7/h8-12,14,21-25,28H,13,15H2,1-7H3,(H,32,40)(H,33,42)(H,34,39,41)/t21-,22-,23-,24-,25-,28-/m1/s1. The fourth-order valence-electron chi connectivity index (χ4n) is 4.85. The van der Waals surface area contributed by atoms with Crippen LogP contribution in [0.15, 0.2) is 46.1 Å². The Balaban J connectivity index is 2.05. The van der Waals surface area contributed by atoms with Crippen molar-refractivity contribution in [1.29, 1.82) is 0 Å². The summed E-state index contributed by atoms with van der Waals surface area (Å²) in [5, 5.41) is 5.26. The van der Waals surface area contributed by atoms with Crippen LogP contribution in [-0.2, 0) is 49.3 Å². The highest BCUT2D eigenvalue weighted by Gasteiger charge is 2.54. The van der Waals surface area contributed by atoms with Crippen LogP contribution in [0.1, 0.15) is 58.9 Å². The molecule has 0 spiro atoms. The number of ether oxygens (including phenoxy) is 5. The van der Waals surface area contributed by atoms with Crippen molar-refractivity contribution in [1.82, 2.24) is 20.2 Å². The molecule has 3 rings (SSSR count). The van der Waals surface area contributed by atoms with Gasteiger partial charge in [-0.3, -0.25) is 33.5 Å². The van der Waals surface area contributed by atoms with Crippen LogP contribution < -0.4 is 21.9 Å². The van der Waals surface area contributed by atoms with Gasteiger partial charge in [-0.25, -0.2) is 9.59 Å². The van der Waals surface area contributed by atoms with Crippen LogP contribution in [0.3, 0.4) is 0 Å². The highest BCUT2D eigenvalue weighted by Crippen LogP contribution is 2.35. The first kappa shape index (κ1) is 36.5. The number of hydrogen-bond acceptors (Lipinski definition) is 12. The van der Waals surface area contributed by atoms with Gasteiger partial charge in [0.1, 0.15) is 24.4 Å². The second-order valence-corrected chi connectivity index (χ2v) is 11.9. The number of amides is 2. The average Bonchev–Trinajstić information content (AvgIpc) is 3.27. The van der Waals surface area contributed by atoms with Crippen LogP contribution in [-0.4, -0.2) is 82.1 Å². The lowest BCUT2D eigenvalue weighted by Gasteiger charge is -2.30. The molecule has 47 heavy (non-hydrogen) atoms. The predicted octanol–water partition coefficient (Wildman–Crippen LogP) is 0.790. The molecule has 1 aliphatic heterocycles. The number of aromatic amines is 1. The zero-order chi connectivity index (χ0) is 35.1. The molecule has 1 aliphatic rings. The lowest BCUT2D eigenvalue weighted by Crippen LogP contribution is -2.57. The highest BCUT2D eigenvalue weighted by atomic mass is 16.6. The Labute approximate surface area is 270 Å². The Morgan fingerprint density at radius 1 is 0.936 bits per heavy atom. The summed E-state index contributed by atoms with van der Waals surface area (Å²) in [4.78, 5) is 90.0. The lowest BCUT2D eigenvalue weighted by molar-refractivity contribution is -0.166. The maximum Gasteiger partial charge on any atom is 0.408 e. The Kier molecular flexibility index (Phi) is 12.1. The molecule has 0 unspecified atom stereocenters. The molecule has 1 fully saturated rings. The number of H-pyrrole nitrogens is 1. The van der Waals surface area contributed by atoms with Gasteiger partial charge < -0.3 is 34.3 Å². The fourth-order valence-corrected chi connectivity index (χ4v) is 4.85. The number of nitrogens with zero attached hydrogens (tertiary/aromatic N) is 1. The van der Waals surface area contributed by atoms with Gasteiger partial charge in [-0.1, -0.05) is 30.3 Å². The van der Waals surface area contributed by atoms with Crippen molar-refractivity contribution in [3.63, 3.8) is 0 Å². The Hall–Kier alpha value is -4.99. The van der Waals surface area contributed by atoms with Crippen molar-refractivity contribution in [2.24, 2.45) is 0 Å². The molecule has 16 heteroatoms. The molecule has 2 heterocycles. The quantitative estimate of drug-likeness (QED) is 0.226. The van der Waals surface area contributed by atoms with E-state index in [-0.39, 0.29) is 12.0 Å². The van der Waals surface area contributed by atoms with E-state index in [1.165, 1.54) is 13.1 Å². The molecule has 1 aromatic carbocycles. The summed E-state index contributed by atoms with van der Waals surface area (Å²) in [5.41, 5.74) is -1.65. The van der Waals surface area contributed by atoms with Crippen molar-refractivity contribution in [2.75, 3.05) is 6.61 Å². The van der Waals surface area contributed by atoms with Gasteiger partial charge in [0.15, 0.2) is 18.4 Å². The molecule has 16 nitrogen and oxygen atoms in total. The van der Waals surface area contributed by atoms with Gasteiger partial charge in [0.25, 0.3) is 5.56 Å². The second-order valence-electron chi connectivity index (χ2n) is 11.9. The van der Waals surface area contributed by atoms with Gasteiger partial charge >= 0.3 is 29.7 Å². The third-order valence-electron chi connectivity index (χ3n) is 6.73. The minimum Gasteiger partial charge on any atom is -0.464 e. The summed E-state index contributed by atoms with van der Waals surface area (Å²) in [7, 11) is 0. The third kappa shape index (κ3) is 10.5. The van der Waals surface area contributed by atoms with E-state index < -0.39 is 90.0 Å². The molecule has 0 radical (unpaired) electrons. The van der Waals surface area contributed by atoms with Crippen LogP contribution in [0.25, 0.3) is 0 Å². The van der Waals surface area contributed by atoms with E-state index in [1.807, 2.05) is 0 Å². The Bertz CT molecular complexity index is 1580. The van der Waals surface area contributed by atoms with Gasteiger partial charge in [0.2, 0.25) is 5.91 Å². The molecule has 1 saturated heterocycles. The zero-order valence-corrected chi connectivity index (χ0v) is 27.2. The Morgan fingerprint density at radius 2 is 1.55 bits per heavy atom. The van der Waals surface area contributed by atoms with E-state index in [4.69, 9.17) is 23.7 Å². The fraction of sp³-hybridized carbons (Fsp3) is 0.516. The summed E-state index contributed by atoms with van der Waals surface area (Å²) >= 11 is 0. The number of carbonyl (C=O) groups excluding carboxylic acids is 5. The number of benzene rings is 1. The van der Waals surface area contributed by atoms with Crippen molar-refractivity contribution in [3.8, 4) is 0 Å². The van der Waals surface area contributed by atoms with Crippen LogP contribution in [0.5, 0.6) is 0 Å². The summed E-state index contributed by atoms with van der Waals surface area (Å²) in [6.07, 6.45) is -5.44. The maximum absolute atomic E-state index is 13.9. The number of esters is 3. The number of hydrogen-bond donors (Lipinski definition) is 3. The van der Waals surface area contributed by atoms with Crippen molar-refractivity contribution in [2.45, 2.75) is 97.1 Å². The first-order chi connectivity index (χ1) is 21.9. The second kappa shape index (κ2) is 15.5. The zero-order valence-electron chi connectivity index (χ0n) is 27.2. The topological polar surface area (TPSA) is 210 Å². The summed E-state index contributed by atoms with van der Waals surface area (Å²) < 4.78 is 28.7. The first-order valence-electron chi connectivity index (χ1n) is 14.7. The molecule has 2 amide bonds. The number of carbonyl (C=O) groups is 5. The molecule has 2 aromatic rings. The van der Waals surface area contributed by atoms with E-state index in [9.17, 15) is 33.6 Å². The summed E-state index contributed by atoms with van der Waals surface area (Å²) in [5.74, 6) is -3.12. The normalized spacial score (nSPS) is 20.3. The van der Waals surface area contributed by atoms with Gasteiger partial charge in [0.05, 0.1) is 6.04 Å². The highest BCUT2D eigenvalue weighted by molar-refractivity contribution is 5.86. The number of nitrogens with one attached hydrogen (secondary N) is 3. The van der Waals surface area contributed by atoms with E-state index in [0.717, 1.165) is 25.3 Å². The van der Waals surface area contributed by atoms with Crippen molar-refractivity contribution >= 4 is 29.9 Å². The molecular formula is C31H40N4O12. The average molecular weight is 661 g/mol. The smallest absolute Gasteiger partial charge is 0.408 e. The molecule has 256 valence electrons. The molecule has 0 bridgehead atoms. The monoisotopic (exact) mass is 660 g/mol. The van der Waals surface area contributed by atoms with Crippen LogP contribution >= 0.6 is 0 Å². The number of aromatic nitrogens is 2. The van der Waals surface area contributed by atoms with Gasteiger partial charge in [-0.2, -0.15) is 0 Å². The van der Waals surface area contributed by atoms with Crippen molar-refractivity contribution in [3.05, 3.63) is 68.5 Å². The molecule has 1 aromatic heterocycles. The van der Waals surface area contributed by atoms with E-state index in [1.54, 1.807) is 51.1 Å². The number of rotatable bonds is 11. The molecule has 6 atom stereocenters. The Morgan fingerprint density at radius 3 is 2.13 bits per heavy atom. The maximum atomic E-state index is 13.9. The van der Waals surface area contributed by atoms with Crippen LogP contribution in [0.4, 0.5) is 4.79 Å². The molecule has 0 saturated carbocycles. The van der Waals surface area contributed by atoms with Gasteiger partial charge in [-0.05, 0) is 33.3 Å².